The van der Waals surface area contributed by atoms with Crippen LogP contribution in [0, 0.1) is 5.92 Å². The van der Waals surface area contributed by atoms with Gasteiger partial charge < -0.3 is 10.1 Å². The zero-order valence-electron chi connectivity index (χ0n) is 9.99. The molecule has 0 unspecified atom stereocenters. The van der Waals surface area contributed by atoms with Crippen molar-refractivity contribution in [3.63, 3.8) is 0 Å². The van der Waals surface area contributed by atoms with Crippen LogP contribution in [-0.4, -0.2) is 24.7 Å². The third-order valence-corrected chi connectivity index (χ3v) is 4.13. The summed E-state index contributed by atoms with van der Waals surface area (Å²) >= 11 is 7.57. The van der Waals surface area contributed by atoms with E-state index in [4.69, 9.17) is 16.3 Å². The third kappa shape index (κ3) is 3.13. The molecule has 1 saturated carbocycles. The number of halogens is 1. The van der Waals surface area contributed by atoms with Gasteiger partial charge in [-0.1, -0.05) is 22.9 Å². The molecule has 1 aliphatic rings. The van der Waals surface area contributed by atoms with Gasteiger partial charge in [0.25, 0.3) is 0 Å². The van der Waals surface area contributed by atoms with Crippen LogP contribution in [0.25, 0.3) is 10.2 Å². The van der Waals surface area contributed by atoms with E-state index < -0.39 is 0 Å². The van der Waals surface area contributed by atoms with Gasteiger partial charge in [0, 0.05) is 18.2 Å². The van der Waals surface area contributed by atoms with Crippen LogP contribution in [0.1, 0.15) is 12.8 Å². The van der Waals surface area contributed by atoms with Crippen molar-refractivity contribution in [2.75, 3.05) is 25.1 Å². The number of aromatic nitrogens is 1. The zero-order valence-corrected chi connectivity index (χ0v) is 11.6. The highest BCUT2D eigenvalue weighted by molar-refractivity contribution is 7.22. The van der Waals surface area contributed by atoms with Gasteiger partial charge in [-0.25, -0.2) is 4.98 Å². The van der Waals surface area contributed by atoms with Gasteiger partial charge in [-0.2, -0.15) is 0 Å². The summed E-state index contributed by atoms with van der Waals surface area (Å²) in [7, 11) is 0. The Bertz CT molecular complexity index is 539. The Balaban J connectivity index is 1.50. The molecule has 2 aromatic rings. The first-order chi connectivity index (χ1) is 8.81. The van der Waals surface area contributed by atoms with E-state index in [1.165, 1.54) is 12.8 Å². The molecule has 1 aliphatic carbocycles. The van der Waals surface area contributed by atoms with Gasteiger partial charge in [0.2, 0.25) is 0 Å². The molecule has 0 spiro atoms. The van der Waals surface area contributed by atoms with E-state index in [0.29, 0.717) is 0 Å². The maximum absolute atomic E-state index is 5.95. The molecule has 0 amide bonds. The summed E-state index contributed by atoms with van der Waals surface area (Å²) in [6.07, 6.45) is 2.68. The summed E-state index contributed by atoms with van der Waals surface area (Å²) < 4.78 is 6.68. The molecule has 0 atom stereocenters. The topological polar surface area (TPSA) is 34.2 Å². The van der Waals surface area contributed by atoms with Crippen molar-refractivity contribution < 1.29 is 4.74 Å². The van der Waals surface area contributed by atoms with Crippen LogP contribution in [0.5, 0.6) is 0 Å². The van der Waals surface area contributed by atoms with E-state index in [2.05, 4.69) is 10.3 Å². The monoisotopic (exact) mass is 282 g/mol. The molecule has 1 aromatic carbocycles. The van der Waals surface area contributed by atoms with Crippen molar-refractivity contribution in [3.8, 4) is 0 Å². The number of ether oxygens (including phenoxy) is 1. The van der Waals surface area contributed by atoms with E-state index in [1.807, 2.05) is 18.2 Å². The lowest BCUT2D eigenvalue weighted by molar-refractivity contribution is 0.134. The minimum Gasteiger partial charge on any atom is -0.379 e. The molecule has 3 nitrogen and oxygen atoms in total. The second kappa shape index (κ2) is 5.43. The lowest BCUT2D eigenvalue weighted by atomic mass is 10.3. The average Bonchev–Trinajstić information content (AvgIpc) is 3.08. The van der Waals surface area contributed by atoms with Crippen molar-refractivity contribution in [2.45, 2.75) is 12.8 Å². The summed E-state index contributed by atoms with van der Waals surface area (Å²) in [6.45, 7) is 2.46. The molecule has 3 rings (SSSR count). The number of nitrogens with one attached hydrogen (secondary N) is 1. The number of benzene rings is 1. The maximum atomic E-state index is 5.95. The first-order valence-electron chi connectivity index (χ1n) is 6.19. The predicted octanol–water partition coefficient (Wildman–Crippen LogP) is 3.79. The second-order valence-electron chi connectivity index (χ2n) is 4.58. The molecule has 5 heteroatoms. The van der Waals surface area contributed by atoms with Crippen LogP contribution in [0.3, 0.4) is 0 Å². The molecule has 1 N–H and O–H groups in total. The fourth-order valence-corrected chi connectivity index (χ4v) is 2.91. The molecule has 0 saturated heterocycles. The van der Waals surface area contributed by atoms with Crippen molar-refractivity contribution in [2.24, 2.45) is 5.92 Å². The molecule has 1 fully saturated rings. The summed E-state index contributed by atoms with van der Waals surface area (Å²) in [5, 5.41) is 4.97. The number of thiazole rings is 1. The van der Waals surface area contributed by atoms with Crippen molar-refractivity contribution in [1.29, 1.82) is 0 Å². The van der Waals surface area contributed by atoms with Crippen molar-refractivity contribution in [1.82, 2.24) is 4.98 Å². The normalized spacial score (nSPS) is 15.2. The lowest BCUT2D eigenvalue weighted by Crippen LogP contribution is -2.10. The van der Waals surface area contributed by atoms with Crippen molar-refractivity contribution in [3.05, 3.63) is 23.2 Å². The Labute approximate surface area is 115 Å². The van der Waals surface area contributed by atoms with Crippen LogP contribution in [0.4, 0.5) is 5.13 Å². The number of hydrogen-bond acceptors (Lipinski definition) is 4. The average molecular weight is 283 g/mol. The fourth-order valence-electron chi connectivity index (χ4n) is 1.74. The largest absolute Gasteiger partial charge is 0.379 e. The van der Waals surface area contributed by atoms with E-state index in [1.54, 1.807) is 11.3 Å². The standard InChI is InChI=1S/C13H15ClN2OS/c14-10-3-4-11-12(7-10)18-13(16-11)15-5-6-17-8-9-1-2-9/h3-4,7,9H,1-2,5-6,8H2,(H,15,16). The Morgan fingerprint density at radius 3 is 3.17 bits per heavy atom. The minimum absolute atomic E-state index is 0.743. The van der Waals surface area contributed by atoms with E-state index in [-0.39, 0.29) is 0 Å². The van der Waals surface area contributed by atoms with E-state index >= 15 is 0 Å². The molecule has 0 bridgehead atoms. The van der Waals surface area contributed by atoms with Crippen LogP contribution in [-0.2, 0) is 4.74 Å². The van der Waals surface area contributed by atoms with Crippen molar-refractivity contribution >= 4 is 38.3 Å². The highest BCUT2D eigenvalue weighted by Gasteiger charge is 2.20. The Kier molecular flexibility index (Phi) is 3.68. The SMILES string of the molecule is Clc1ccc2nc(NCCOCC3CC3)sc2c1. The van der Waals surface area contributed by atoms with Gasteiger partial charge in [0.15, 0.2) is 5.13 Å². The fraction of sp³-hybridized carbons (Fsp3) is 0.462. The molecule has 18 heavy (non-hydrogen) atoms. The van der Waals surface area contributed by atoms with E-state index in [9.17, 15) is 0 Å². The quantitative estimate of drug-likeness (QED) is 0.819. The van der Waals surface area contributed by atoms with Crippen LogP contribution in [0.15, 0.2) is 18.2 Å². The summed E-state index contributed by atoms with van der Waals surface area (Å²) in [4.78, 5) is 4.49. The smallest absolute Gasteiger partial charge is 0.183 e. The summed E-state index contributed by atoms with van der Waals surface area (Å²) in [6, 6.07) is 5.76. The molecule has 0 aliphatic heterocycles. The maximum Gasteiger partial charge on any atom is 0.183 e. The Hall–Kier alpha value is -0.840. The van der Waals surface area contributed by atoms with Crippen LogP contribution < -0.4 is 5.32 Å². The number of nitrogens with zero attached hydrogens (tertiary/aromatic N) is 1. The molecule has 1 heterocycles. The lowest BCUT2D eigenvalue weighted by Gasteiger charge is -2.03. The summed E-state index contributed by atoms with van der Waals surface area (Å²) in [5.74, 6) is 0.828. The molecule has 96 valence electrons. The van der Waals surface area contributed by atoms with Gasteiger partial charge in [-0.15, -0.1) is 0 Å². The third-order valence-electron chi connectivity index (χ3n) is 2.92. The Morgan fingerprint density at radius 1 is 1.44 bits per heavy atom. The molecule has 1 aromatic heterocycles. The highest BCUT2D eigenvalue weighted by Crippen LogP contribution is 2.29. The van der Waals surface area contributed by atoms with Gasteiger partial charge in [0.1, 0.15) is 0 Å². The number of rotatable bonds is 6. The second-order valence-corrected chi connectivity index (χ2v) is 6.04. The predicted molar refractivity (Wildman–Crippen MR) is 76.7 cm³/mol. The number of anilines is 1. The van der Waals surface area contributed by atoms with Gasteiger partial charge in [-0.05, 0) is 37.0 Å². The van der Waals surface area contributed by atoms with Crippen LogP contribution >= 0.6 is 22.9 Å². The molecular weight excluding hydrogens is 268 g/mol. The molecular formula is C13H15ClN2OS. The summed E-state index contributed by atoms with van der Waals surface area (Å²) in [5.41, 5.74) is 0.991. The number of fused-ring (bicyclic) bond motifs is 1. The minimum atomic E-state index is 0.743. The van der Waals surface area contributed by atoms with E-state index in [0.717, 1.165) is 46.0 Å². The number of hydrogen-bond donors (Lipinski definition) is 1. The first-order valence-corrected chi connectivity index (χ1v) is 7.38. The van der Waals surface area contributed by atoms with Gasteiger partial charge >= 0.3 is 0 Å². The zero-order chi connectivity index (χ0) is 12.4. The Morgan fingerprint density at radius 2 is 2.33 bits per heavy atom. The van der Waals surface area contributed by atoms with Gasteiger partial charge in [-0.3, -0.25) is 0 Å². The first kappa shape index (κ1) is 12.2. The molecule has 0 radical (unpaired) electrons. The van der Waals surface area contributed by atoms with Crippen LogP contribution in [0.2, 0.25) is 5.02 Å². The highest BCUT2D eigenvalue weighted by atomic mass is 35.5. The van der Waals surface area contributed by atoms with Gasteiger partial charge in [0.05, 0.1) is 16.8 Å².